The Morgan fingerprint density at radius 3 is 2.43 bits per heavy atom. The number of rotatable bonds is 2. The van der Waals surface area contributed by atoms with Crippen molar-refractivity contribution in [3.8, 4) is 0 Å². The van der Waals surface area contributed by atoms with E-state index < -0.39 is 11.9 Å². The van der Waals surface area contributed by atoms with Gasteiger partial charge in [-0.1, -0.05) is 23.2 Å². The highest BCUT2D eigenvalue weighted by Gasteiger charge is 2.46. The third-order valence-corrected chi connectivity index (χ3v) is 2.87. The van der Waals surface area contributed by atoms with Crippen molar-refractivity contribution in [2.45, 2.75) is 12.3 Å². The van der Waals surface area contributed by atoms with Gasteiger partial charge in [0.1, 0.15) is 16.6 Å². The minimum atomic E-state index is -0.828. The van der Waals surface area contributed by atoms with Crippen LogP contribution in [-0.2, 0) is 4.79 Å². The zero-order valence-corrected chi connectivity index (χ0v) is 8.46. The molecule has 0 aliphatic heterocycles. The number of hydrogen-bond acceptors (Lipinski definition) is 3. The van der Waals surface area contributed by atoms with E-state index in [0.29, 0.717) is 12.0 Å². The van der Waals surface area contributed by atoms with Crippen molar-refractivity contribution in [3.63, 3.8) is 0 Å². The molecule has 1 aromatic rings. The van der Waals surface area contributed by atoms with Crippen molar-refractivity contribution < 1.29 is 9.90 Å². The zero-order chi connectivity index (χ0) is 10.3. The smallest absolute Gasteiger partial charge is 0.307 e. The van der Waals surface area contributed by atoms with Gasteiger partial charge in [-0.25, -0.2) is 9.97 Å². The second-order valence-corrected chi connectivity index (χ2v) is 3.87. The summed E-state index contributed by atoms with van der Waals surface area (Å²) in [5.74, 6) is -1.35. The summed E-state index contributed by atoms with van der Waals surface area (Å²) in [4.78, 5) is 18.2. The Hall–Kier alpha value is -0.870. The number of nitrogens with zero attached hydrogens (tertiary/aromatic N) is 2. The molecule has 1 heterocycles. The molecule has 4 nitrogen and oxygen atoms in total. The minimum absolute atomic E-state index is 0.131. The lowest BCUT2D eigenvalue weighted by Crippen LogP contribution is -2.00. The Balaban J connectivity index is 2.31. The lowest BCUT2D eigenvalue weighted by molar-refractivity contribution is -0.138. The van der Waals surface area contributed by atoms with E-state index in [0.717, 1.165) is 0 Å². The Morgan fingerprint density at radius 2 is 2.00 bits per heavy atom. The quantitative estimate of drug-likeness (QED) is 0.793. The van der Waals surface area contributed by atoms with E-state index >= 15 is 0 Å². The maximum absolute atomic E-state index is 10.6. The molecule has 0 bridgehead atoms. The van der Waals surface area contributed by atoms with Crippen LogP contribution in [0, 0.1) is 5.92 Å². The molecule has 14 heavy (non-hydrogen) atoms. The summed E-state index contributed by atoms with van der Waals surface area (Å²) in [5, 5.41) is 9.24. The van der Waals surface area contributed by atoms with Gasteiger partial charge in [-0.3, -0.25) is 4.79 Å². The first kappa shape index (κ1) is 9.68. The molecule has 1 N–H and O–H groups in total. The molecule has 0 saturated heterocycles. The molecular weight excluding hydrogens is 227 g/mol. The van der Waals surface area contributed by atoms with E-state index in [1.807, 2.05) is 0 Å². The summed E-state index contributed by atoms with van der Waals surface area (Å²) in [6.45, 7) is 0. The second kappa shape index (κ2) is 3.37. The molecule has 2 rings (SSSR count). The molecule has 1 aliphatic rings. The highest BCUT2D eigenvalue weighted by atomic mass is 35.5. The van der Waals surface area contributed by atoms with E-state index in [9.17, 15) is 4.79 Å². The highest BCUT2D eigenvalue weighted by molar-refractivity contribution is 6.34. The van der Waals surface area contributed by atoms with Crippen molar-refractivity contribution in [2.75, 3.05) is 0 Å². The topological polar surface area (TPSA) is 63.1 Å². The molecule has 1 saturated carbocycles. The van der Waals surface area contributed by atoms with Crippen LogP contribution >= 0.6 is 23.2 Å². The first-order chi connectivity index (χ1) is 6.61. The lowest BCUT2D eigenvalue weighted by atomic mass is 10.2. The fourth-order valence-corrected chi connectivity index (χ4v) is 2.04. The van der Waals surface area contributed by atoms with Gasteiger partial charge in [-0.05, 0) is 6.42 Å². The lowest BCUT2D eigenvalue weighted by Gasteiger charge is -2.02. The number of carbonyl (C=O) groups is 1. The molecular formula is C8H6Cl2N2O2. The fraction of sp³-hybridized carbons (Fsp3) is 0.375. The number of carboxylic acids is 1. The van der Waals surface area contributed by atoms with Crippen LogP contribution in [0.5, 0.6) is 0 Å². The summed E-state index contributed by atoms with van der Waals surface area (Å²) in [6.07, 6.45) is 1.81. The van der Waals surface area contributed by atoms with Gasteiger partial charge in [0, 0.05) is 11.5 Å². The third-order valence-electron chi connectivity index (χ3n) is 2.27. The molecule has 2 unspecified atom stereocenters. The first-order valence-corrected chi connectivity index (χ1v) is 4.75. The minimum Gasteiger partial charge on any atom is -0.481 e. The maximum Gasteiger partial charge on any atom is 0.307 e. The van der Waals surface area contributed by atoms with Crippen molar-refractivity contribution in [1.29, 1.82) is 0 Å². The number of halogens is 2. The van der Waals surface area contributed by atoms with Gasteiger partial charge >= 0.3 is 5.97 Å². The van der Waals surface area contributed by atoms with E-state index in [1.54, 1.807) is 0 Å². The van der Waals surface area contributed by atoms with Crippen molar-refractivity contribution in [1.82, 2.24) is 9.97 Å². The largest absolute Gasteiger partial charge is 0.481 e. The van der Waals surface area contributed by atoms with Gasteiger partial charge in [-0.15, -0.1) is 0 Å². The van der Waals surface area contributed by atoms with E-state index in [-0.39, 0.29) is 16.2 Å². The van der Waals surface area contributed by atoms with Crippen LogP contribution in [0.25, 0.3) is 0 Å². The molecule has 1 aliphatic carbocycles. The molecule has 6 heteroatoms. The Labute approximate surface area is 89.9 Å². The van der Waals surface area contributed by atoms with Gasteiger partial charge in [-0.2, -0.15) is 0 Å². The number of hydrogen-bond donors (Lipinski definition) is 1. The van der Waals surface area contributed by atoms with Crippen molar-refractivity contribution in [3.05, 3.63) is 22.2 Å². The van der Waals surface area contributed by atoms with E-state index in [4.69, 9.17) is 28.3 Å². The average molecular weight is 233 g/mol. The molecule has 1 fully saturated rings. The number of aromatic nitrogens is 2. The van der Waals surface area contributed by atoms with Crippen LogP contribution in [0.2, 0.25) is 10.3 Å². The zero-order valence-electron chi connectivity index (χ0n) is 6.94. The fourth-order valence-electron chi connectivity index (χ4n) is 1.45. The molecule has 2 atom stereocenters. The molecule has 0 radical (unpaired) electrons. The third kappa shape index (κ3) is 1.55. The van der Waals surface area contributed by atoms with Crippen LogP contribution in [0.4, 0.5) is 0 Å². The number of aliphatic carboxylic acids is 1. The second-order valence-electron chi connectivity index (χ2n) is 3.16. The normalized spacial score (nSPS) is 24.7. The Morgan fingerprint density at radius 1 is 1.43 bits per heavy atom. The van der Waals surface area contributed by atoms with Crippen LogP contribution in [0.1, 0.15) is 17.9 Å². The molecule has 0 amide bonds. The highest BCUT2D eigenvalue weighted by Crippen LogP contribution is 2.50. The monoisotopic (exact) mass is 232 g/mol. The number of carboxylic acid groups (broad SMARTS) is 1. The van der Waals surface area contributed by atoms with Gasteiger partial charge in [0.2, 0.25) is 0 Å². The Kier molecular flexibility index (Phi) is 2.33. The van der Waals surface area contributed by atoms with Gasteiger partial charge < -0.3 is 5.11 Å². The van der Waals surface area contributed by atoms with Gasteiger partial charge in [0.25, 0.3) is 0 Å². The van der Waals surface area contributed by atoms with Crippen molar-refractivity contribution in [2.24, 2.45) is 5.92 Å². The Bertz CT molecular complexity index is 377. The predicted molar refractivity (Wildman–Crippen MR) is 50.5 cm³/mol. The van der Waals surface area contributed by atoms with Crippen LogP contribution in [-0.4, -0.2) is 21.0 Å². The van der Waals surface area contributed by atoms with Gasteiger partial charge in [0.05, 0.1) is 5.92 Å². The first-order valence-electron chi connectivity index (χ1n) is 4.00. The predicted octanol–water partition coefficient (Wildman–Crippen LogP) is 1.97. The van der Waals surface area contributed by atoms with E-state index in [2.05, 4.69) is 9.97 Å². The maximum atomic E-state index is 10.6. The average Bonchev–Trinajstić information content (AvgIpc) is 2.83. The molecule has 0 spiro atoms. The van der Waals surface area contributed by atoms with E-state index in [1.165, 1.54) is 6.33 Å². The summed E-state index contributed by atoms with van der Waals surface area (Å²) >= 11 is 11.6. The summed E-state index contributed by atoms with van der Waals surface area (Å²) < 4.78 is 0. The van der Waals surface area contributed by atoms with Crippen LogP contribution in [0.3, 0.4) is 0 Å². The summed E-state index contributed by atoms with van der Waals surface area (Å²) in [6, 6.07) is 0. The molecule has 0 aromatic carbocycles. The summed E-state index contributed by atoms with van der Waals surface area (Å²) in [5.41, 5.74) is 0.559. The van der Waals surface area contributed by atoms with Crippen LogP contribution in [0.15, 0.2) is 6.33 Å². The van der Waals surface area contributed by atoms with Crippen LogP contribution < -0.4 is 0 Å². The SMILES string of the molecule is O=C(O)C1CC1c1c(Cl)ncnc1Cl. The molecule has 1 aromatic heterocycles. The van der Waals surface area contributed by atoms with Gasteiger partial charge in [0.15, 0.2) is 0 Å². The standard InChI is InChI=1S/C8H6Cl2N2O2/c9-6-5(7(10)12-2-11-6)3-1-4(3)8(13)14/h2-4H,1H2,(H,13,14). The molecule has 74 valence electrons. The summed E-state index contributed by atoms with van der Waals surface area (Å²) in [7, 11) is 0. The van der Waals surface area contributed by atoms with Crippen molar-refractivity contribution >= 4 is 29.2 Å².